The first-order chi connectivity index (χ1) is 7.24. The van der Waals surface area contributed by atoms with Crippen molar-refractivity contribution in [2.45, 2.75) is 25.8 Å². The van der Waals surface area contributed by atoms with E-state index >= 15 is 0 Å². The van der Waals surface area contributed by atoms with Crippen molar-refractivity contribution in [2.24, 2.45) is 5.92 Å². The molecular weight excluding hydrogens is 186 g/mol. The highest BCUT2D eigenvalue weighted by atomic mass is 15.2. The van der Waals surface area contributed by atoms with Gasteiger partial charge in [-0.3, -0.25) is 0 Å². The monoisotopic (exact) mass is 211 g/mol. The molecule has 0 aromatic heterocycles. The summed E-state index contributed by atoms with van der Waals surface area (Å²) in [5, 5.41) is 3.53. The molecule has 3 heteroatoms. The maximum atomic E-state index is 3.53. The molecule has 0 spiro atoms. The molecule has 2 heterocycles. The molecule has 0 amide bonds. The summed E-state index contributed by atoms with van der Waals surface area (Å²) < 4.78 is 0. The predicted octanol–water partition coefficient (Wildman–Crippen LogP) is 0.622. The molecule has 1 N–H and O–H groups in total. The van der Waals surface area contributed by atoms with Crippen molar-refractivity contribution in [3.63, 3.8) is 0 Å². The second-order valence-electron chi connectivity index (χ2n) is 5.35. The Labute approximate surface area is 93.8 Å². The van der Waals surface area contributed by atoms with Crippen LogP contribution in [0.3, 0.4) is 0 Å². The molecule has 2 saturated heterocycles. The SMILES string of the molecule is CC1CC(CN2CCN(C)CC2)CCN1. The fraction of sp³-hybridized carbons (Fsp3) is 1.00. The summed E-state index contributed by atoms with van der Waals surface area (Å²) in [5.74, 6) is 0.935. The zero-order valence-corrected chi connectivity index (χ0v) is 10.2. The van der Waals surface area contributed by atoms with Gasteiger partial charge in [-0.1, -0.05) is 0 Å². The molecule has 0 radical (unpaired) electrons. The molecule has 2 aliphatic rings. The van der Waals surface area contributed by atoms with Gasteiger partial charge in [0.25, 0.3) is 0 Å². The third kappa shape index (κ3) is 3.44. The van der Waals surface area contributed by atoms with Gasteiger partial charge < -0.3 is 15.1 Å². The van der Waals surface area contributed by atoms with E-state index in [1.165, 1.54) is 52.1 Å². The minimum absolute atomic E-state index is 0.733. The molecule has 88 valence electrons. The lowest BCUT2D eigenvalue weighted by Gasteiger charge is -2.37. The lowest BCUT2D eigenvalue weighted by atomic mass is 9.92. The Balaban J connectivity index is 1.71. The number of hydrogen-bond donors (Lipinski definition) is 1. The minimum atomic E-state index is 0.733. The Morgan fingerprint density at radius 3 is 2.60 bits per heavy atom. The summed E-state index contributed by atoms with van der Waals surface area (Å²) in [6, 6.07) is 0.733. The molecule has 0 aromatic carbocycles. The number of piperidine rings is 1. The van der Waals surface area contributed by atoms with Crippen LogP contribution in [-0.2, 0) is 0 Å². The van der Waals surface area contributed by atoms with Crippen LogP contribution in [0.25, 0.3) is 0 Å². The van der Waals surface area contributed by atoms with Crippen molar-refractivity contribution >= 4 is 0 Å². The van der Waals surface area contributed by atoms with Crippen molar-refractivity contribution in [2.75, 3.05) is 46.3 Å². The molecular formula is C12H25N3. The summed E-state index contributed by atoms with van der Waals surface area (Å²) in [7, 11) is 2.23. The van der Waals surface area contributed by atoms with Crippen LogP contribution in [0.15, 0.2) is 0 Å². The van der Waals surface area contributed by atoms with Gasteiger partial charge >= 0.3 is 0 Å². The second-order valence-corrected chi connectivity index (χ2v) is 5.35. The van der Waals surface area contributed by atoms with E-state index in [0.717, 1.165) is 12.0 Å². The van der Waals surface area contributed by atoms with E-state index in [1.807, 2.05) is 0 Å². The van der Waals surface area contributed by atoms with E-state index in [-0.39, 0.29) is 0 Å². The first-order valence-electron chi connectivity index (χ1n) is 6.38. The van der Waals surface area contributed by atoms with Gasteiger partial charge in [-0.05, 0) is 39.3 Å². The van der Waals surface area contributed by atoms with Crippen LogP contribution in [0.5, 0.6) is 0 Å². The average molecular weight is 211 g/mol. The molecule has 2 rings (SSSR count). The summed E-state index contributed by atoms with van der Waals surface area (Å²) in [6.45, 7) is 9.92. The summed E-state index contributed by atoms with van der Waals surface area (Å²) in [4.78, 5) is 5.09. The van der Waals surface area contributed by atoms with Crippen LogP contribution in [0.2, 0.25) is 0 Å². The van der Waals surface area contributed by atoms with Crippen molar-refractivity contribution in [1.82, 2.24) is 15.1 Å². The molecule has 3 nitrogen and oxygen atoms in total. The quantitative estimate of drug-likeness (QED) is 0.722. The Morgan fingerprint density at radius 1 is 1.20 bits per heavy atom. The number of rotatable bonds is 2. The van der Waals surface area contributed by atoms with Crippen LogP contribution < -0.4 is 5.32 Å². The maximum absolute atomic E-state index is 3.53. The van der Waals surface area contributed by atoms with Gasteiger partial charge in [0.15, 0.2) is 0 Å². The predicted molar refractivity (Wildman–Crippen MR) is 64.1 cm³/mol. The Bertz CT molecular complexity index is 187. The van der Waals surface area contributed by atoms with Crippen LogP contribution in [-0.4, -0.2) is 62.2 Å². The molecule has 0 saturated carbocycles. The van der Waals surface area contributed by atoms with E-state index in [9.17, 15) is 0 Å². The third-order valence-corrected chi connectivity index (χ3v) is 3.84. The minimum Gasteiger partial charge on any atom is -0.314 e. The summed E-state index contributed by atoms with van der Waals surface area (Å²) in [6.07, 6.45) is 2.74. The summed E-state index contributed by atoms with van der Waals surface area (Å²) >= 11 is 0. The topological polar surface area (TPSA) is 18.5 Å². The fourth-order valence-corrected chi connectivity index (χ4v) is 2.80. The molecule has 0 bridgehead atoms. The first kappa shape index (κ1) is 11.4. The van der Waals surface area contributed by atoms with Crippen molar-refractivity contribution < 1.29 is 0 Å². The van der Waals surface area contributed by atoms with E-state index < -0.39 is 0 Å². The molecule has 2 atom stereocenters. The number of nitrogens with zero attached hydrogens (tertiary/aromatic N) is 2. The molecule has 2 aliphatic heterocycles. The Hall–Kier alpha value is -0.120. The number of nitrogens with one attached hydrogen (secondary N) is 1. The van der Waals surface area contributed by atoms with Crippen LogP contribution in [0, 0.1) is 5.92 Å². The normalized spacial score (nSPS) is 35.6. The zero-order chi connectivity index (χ0) is 10.7. The largest absolute Gasteiger partial charge is 0.314 e. The smallest absolute Gasteiger partial charge is 0.0110 e. The zero-order valence-electron chi connectivity index (χ0n) is 10.2. The van der Waals surface area contributed by atoms with E-state index in [0.29, 0.717) is 0 Å². The van der Waals surface area contributed by atoms with Gasteiger partial charge in [0.2, 0.25) is 0 Å². The van der Waals surface area contributed by atoms with E-state index in [2.05, 4.69) is 29.1 Å². The number of hydrogen-bond acceptors (Lipinski definition) is 3. The van der Waals surface area contributed by atoms with Gasteiger partial charge in [-0.15, -0.1) is 0 Å². The second kappa shape index (κ2) is 5.28. The Kier molecular flexibility index (Phi) is 4.00. The van der Waals surface area contributed by atoms with E-state index in [4.69, 9.17) is 0 Å². The molecule has 15 heavy (non-hydrogen) atoms. The standard InChI is InChI=1S/C12H25N3/c1-11-9-12(3-4-13-11)10-15-7-5-14(2)6-8-15/h11-13H,3-10H2,1-2H3. The highest BCUT2D eigenvalue weighted by Crippen LogP contribution is 2.17. The fourth-order valence-electron chi connectivity index (χ4n) is 2.80. The number of piperazine rings is 1. The summed E-state index contributed by atoms with van der Waals surface area (Å²) in [5.41, 5.74) is 0. The molecule has 0 aromatic rings. The van der Waals surface area contributed by atoms with Gasteiger partial charge in [0.05, 0.1) is 0 Å². The maximum Gasteiger partial charge on any atom is 0.0110 e. The number of likely N-dealkylation sites (N-methyl/N-ethyl adjacent to an activating group) is 1. The average Bonchev–Trinajstić information content (AvgIpc) is 2.22. The third-order valence-electron chi connectivity index (χ3n) is 3.84. The van der Waals surface area contributed by atoms with Gasteiger partial charge in [-0.2, -0.15) is 0 Å². The van der Waals surface area contributed by atoms with Crippen LogP contribution in [0.4, 0.5) is 0 Å². The Morgan fingerprint density at radius 2 is 1.93 bits per heavy atom. The van der Waals surface area contributed by atoms with Gasteiger partial charge in [0, 0.05) is 38.8 Å². The van der Waals surface area contributed by atoms with Crippen molar-refractivity contribution in [1.29, 1.82) is 0 Å². The lowest BCUT2D eigenvalue weighted by molar-refractivity contribution is 0.123. The highest BCUT2D eigenvalue weighted by Gasteiger charge is 2.22. The molecule has 2 unspecified atom stereocenters. The lowest BCUT2D eigenvalue weighted by Crippen LogP contribution is -2.48. The first-order valence-corrected chi connectivity index (χ1v) is 6.38. The molecule has 0 aliphatic carbocycles. The highest BCUT2D eigenvalue weighted by molar-refractivity contribution is 4.79. The van der Waals surface area contributed by atoms with Crippen molar-refractivity contribution in [3.8, 4) is 0 Å². The van der Waals surface area contributed by atoms with Gasteiger partial charge in [0.1, 0.15) is 0 Å². The van der Waals surface area contributed by atoms with Crippen LogP contribution >= 0.6 is 0 Å². The molecule has 2 fully saturated rings. The van der Waals surface area contributed by atoms with E-state index in [1.54, 1.807) is 0 Å². The van der Waals surface area contributed by atoms with Gasteiger partial charge in [-0.25, -0.2) is 0 Å². The van der Waals surface area contributed by atoms with Crippen LogP contribution in [0.1, 0.15) is 19.8 Å². The van der Waals surface area contributed by atoms with Crippen molar-refractivity contribution in [3.05, 3.63) is 0 Å².